The van der Waals surface area contributed by atoms with Crippen LogP contribution in [0.5, 0.6) is 0 Å². The van der Waals surface area contributed by atoms with Crippen molar-refractivity contribution < 1.29 is 14.3 Å². The monoisotopic (exact) mass is 252 g/mol. The molecule has 0 aromatic carbocycles. The van der Waals surface area contributed by atoms with Crippen LogP contribution in [0.2, 0.25) is 0 Å². The summed E-state index contributed by atoms with van der Waals surface area (Å²) >= 11 is 0. The highest BCUT2D eigenvalue weighted by Crippen LogP contribution is 2.17. The summed E-state index contributed by atoms with van der Waals surface area (Å²) in [4.78, 5) is 13.7. The molecule has 1 fully saturated rings. The lowest BCUT2D eigenvalue weighted by molar-refractivity contribution is 0.157. The third kappa shape index (κ3) is 2.67. The summed E-state index contributed by atoms with van der Waals surface area (Å²) in [6.45, 7) is 5.01. The van der Waals surface area contributed by atoms with Crippen LogP contribution in [0.25, 0.3) is 0 Å². The molecule has 1 aliphatic rings. The number of carbonyl (C=O) groups excluding carboxylic acids is 1. The molecule has 0 spiro atoms. The van der Waals surface area contributed by atoms with Crippen LogP contribution >= 0.6 is 0 Å². The van der Waals surface area contributed by atoms with E-state index < -0.39 is 0 Å². The summed E-state index contributed by atoms with van der Waals surface area (Å²) < 4.78 is 5.41. The van der Waals surface area contributed by atoms with Crippen LogP contribution in [0, 0.1) is 13.8 Å². The van der Waals surface area contributed by atoms with E-state index >= 15 is 0 Å². The molecule has 2 N–H and O–H groups in total. The van der Waals surface area contributed by atoms with Gasteiger partial charge in [0.1, 0.15) is 11.5 Å². The van der Waals surface area contributed by atoms with Crippen molar-refractivity contribution in [3.05, 3.63) is 23.2 Å². The SMILES string of the molecule is Cc1cc(CNC(=O)N2CCCC2CO)c(C)o1. The van der Waals surface area contributed by atoms with Gasteiger partial charge in [0, 0.05) is 18.7 Å². The number of aliphatic hydroxyl groups is 1. The maximum absolute atomic E-state index is 12.0. The number of carbonyl (C=O) groups is 1. The lowest BCUT2D eigenvalue weighted by atomic mass is 10.2. The van der Waals surface area contributed by atoms with E-state index in [1.165, 1.54) is 0 Å². The van der Waals surface area contributed by atoms with E-state index in [1.807, 2.05) is 19.9 Å². The van der Waals surface area contributed by atoms with Crippen LogP contribution < -0.4 is 5.32 Å². The maximum Gasteiger partial charge on any atom is 0.317 e. The Labute approximate surface area is 107 Å². The number of hydrogen-bond acceptors (Lipinski definition) is 3. The maximum atomic E-state index is 12.0. The molecule has 1 saturated heterocycles. The van der Waals surface area contributed by atoms with Gasteiger partial charge in [-0.15, -0.1) is 0 Å². The van der Waals surface area contributed by atoms with Crippen molar-refractivity contribution in [3.63, 3.8) is 0 Å². The second-order valence-electron chi connectivity index (χ2n) is 4.77. The first-order chi connectivity index (χ1) is 8.61. The van der Waals surface area contributed by atoms with Gasteiger partial charge in [-0.1, -0.05) is 0 Å². The number of aryl methyl sites for hydroxylation is 2. The normalized spacial score (nSPS) is 19.3. The van der Waals surface area contributed by atoms with E-state index in [2.05, 4.69) is 5.32 Å². The van der Waals surface area contributed by atoms with Gasteiger partial charge >= 0.3 is 6.03 Å². The molecule has 2 amide bonds. The minimum Gasteiger partial charge on any atom is -0.466 e. The second-order valence-corrected chi connectivity index (χ2v) is 4.77. The number of nitrogens with zero attached hydrogens (tertiary/aromatic N) is 1. The third-order valence-electron chi connectivity index (χ3n) is 3.42. The van der Waals surface area contributed by atoms with Crippen molar-refractivity contribution in [2.24, 2.45) is 0 Å². The van der Waals surface area contributed by atoms with Crippen LogP contribution in [0.4, 0.5) is 4.79 Å². The fourth-order valence-corrected chi connectivity index (χ4v) is 2.42. The summed E-state index contributed by atoms with van der Waals surface area (Å²) in [6.07, 6.45) is 1.84. The lowest BCUT2D eigenvalue weighted by Crippen LogP contribution is -2.43. The molecule has 2 heterocycles. The highest BCUT2D eigenvalue weighted by atomic mass is 16.3. The minimum absolute atomic E-state index is 0.0304. The fourth-order valence-electron chi connectivity index (χ4n) is 2.42. The Bertz CT molecular complexity index is 428. The predicted octanol–water partition coefficient (Wildman–Crippen LogP) is 1.56. The summed E-state index contributed by atoms with van der Waals surface area (Å²) in [5, 5.41) is 12.1. The molecule has 0 aliphatic carbocycles. The number of amides is 2. The van der Waals surface area contributed by atoms with E-state index in [4.69, 9.17) is 4.42 Å². The molecule has 0 saturated carbocycles. The minimum atomic E-state index is -0.107. The molecule has 1 atom stereocenters. The highest BCUT2D eigenvalue weighted by molar-refractivity contribution is 5.74. The van der Waals surface area contributed by atoms with Crippen LogP contribution in [0.15, 0.2) is 10.5 Å². The van der Waals surface area contributed by atoms with E-state index in [0.29, 0.717) is 6.54 Å². The van der Waals surface area contributed by atoms with Crippen molar-refractivity contribution in [3.8, 4) is 0 Å². The van der Waals surface area contributed by atoms with Gasteiger partial charge in [0.05, 0.1) is 12.6 Å². The molecule has 5 nitrogen and oxygen atoms in total. The number of nitrogens with one attached hydrogen (secondary N) is 1. The number of hydrogen-bond donors (Lipinski definition) is 2. The summed E-state index contributed by atoms with van der Waals surface area (Å²) in [7, 11) is 0. The fraction of sp³-hybridized carbons (Fsp3) is 0.615. The third-order valence-corrected chi connectivity index (χ3v) is 3.42. The number of aliphatic hydroxyl groups excluding tert-OH is 1. The van der Waals surface area contributed by atoms with Crippen LogP contribution in [-0.4, -0.2) is 35.2 Å². The van der Waals surface area contributed by atoms with Gasteiger partial charge in [-0.25, -0.2) is 4.79 Å². The Balaban J connectivity index is 1.90. The van der Waals surface area contributed by atoms with Crippen molar-refractivity contribution in [2.45, 2.75) is 39.3 Å². The average molecular weight is 252 g/mol. The summed E-state index contributed by atoms with van der Waals surface area (Å²) in [6, 6.07) is 1.80. The second kappa shape index (κ2) is 5.44. The van der Waals surface area contributed by atoms with Gasteiger partial charge in [0.15, 0.2) is 0 Å². The van der Waals surface area contributed by atoms with E-state index in [0.717, 1.165) is 36.5 Å². The van der Waals surface area contributed by atoms with E-state index in [-0.39, 0.29) is 18.7 Å². The van der Waals surface area contributed by atoms with Crippen molar-refractivity contribution in [1.82, 2.24) is 10.2 Å². The Hall–Kier alpha value is -1.49. The molecule has 5 heteroatoms. The molecule has 0 bridgehead atoms. The Morgan fingerprint density at radius 2 is 2.39 bits per heavy atom. The molecular formula is C13H20N2O3. The molecule has 1 aliphatic heterocycles. The van der Waals surface area contributed by atoms with Crippen molar-refractivity contribution in [1.29, 1.82) is 0 Å². The number of urea groups is 1. The first-order valence-corrected chi connectivity index (χ1v) is 6.33. The predicted molar refractivity (Wildman–Crippen MR) is 67.2 cm³/mol. The number of likely N-dealkylation sites (tertiary alicyclic amines) is 1. The molecule has 1 aromatic rings. The van der Waals surface area contributed by atoms with Gasteiger partial charge in [-0.3, -0.25) is 0 Å². The molecule has 1 aromatic heterocycles. The zero-order valence-electron chi connectivity index (χ0n) is 10.9. The molecule has 1 unspecified atom stereocenters. The van der Waals surface area contributed by atoms with Crippen LogP contribution in [0.3, 0.4) is 0 Å². The highest BCUT2D eigenvalue weighted by Gasteiger charge is 2.27. The van der Waals surface area contributed by atoms with Gasteiger partial charge in [-0.05, 0) is 32.8 Å². The summed E-state index contributed by atoms with van der Waals surface area (Å²) in [5.41, 5.74) is 1.00. The largest absolute Gasteiger partial charge is 0.466 e. The number of furan rings is 1. The Kier molecular flexibility index (Phi) is 3.91. The standard InChI is InChI=1S/C13H20N2O3/c1-9-6-11(10(2)18-9)7-14-13(17)15-5-3-4-12(15)8-16/h6,12,16H,3-5,7-8H2,1-2H3,(H,14,17). The zero-order chi connectivity index (χ0) is 13.1. The lowest BCUT2D eigenvalue weighted by Gasteiger charge is -2.23. The first kappa shape index (κ1) is 13.0. The average Bonchev–Trinajstić information content (AvgIpc) is 2.92. The van der Waals surface area contributed by atoms with Crippen molar-refractivity contribution in [2.75, 3.05) is 13.2 Å². The summed E-state index contributed by atoms with van der Waals surface area (Å²) in [5.74, 6) is 1.69. The Morgan fingerprint density at radius 3 is 3.00 bits per heavy atom. The van der Waals surface area contributed by atoms with E-state index in [1.54, 1.807) is 4.90 Å². The molecular weight excluding hydrogens is 232 g/mol. The van der Waals surface area contributed by atoms with Crippen molar-refractivity contribution >= 4 is 6.03 Å². The Morgan fingerprint density at radius 1 is 1.61 bits per heavy atom. The zero-order valence-corrected chi connectivity index (χ0v) is 10.9. The topological polar surface area (TPSA) is 65.7 Å². The molecule has 0 radical (unpaired) electrons. The van der Waals surface area contributed by atoms with Gasteiger partial charge < -0.3 is 19.7 Å². The smallest absolute Gasteiger partial charge is 0.317 e. The molecule has 18 heavy (non-hydrogen) atoms. The van der Waals surface area contributed by atoms with E-state index in [9.17, 15) is 9.90 Å². The number of rotatable bonds is 3. The van der Waals surface area contributed by atoms with Crippen LogP contribution in [0.1, 0.15) is 29.9 Å². The van der Waals surface area contributed by atoms with Gasteiger partial charge in [-0.2, -0.15) is 0 Å². The molecule has 100 valence electrons. The first-order valence-electron chi connectivity index (χ1n) is 6.33. The van der Waals surface area contributed by atoms with Gasteiger partial charge in [0.2, 0.25) is 0 Å². The van der Waals surface area contributed by atoms with Crippen LogP contribution in [-0.2, 0) is 6.54 Å². The quantitative estimate of drug-likeness (QED) is 0.858. The van der Waals surface area contributed by atoms with Gasteiger partial charge in [0.25, 0.3) is 0 Å². The molecule has 2 rings (SSSR count).